The fraction of sp³-hybridized carbons (Fsp3) is 0.588. The summed E-state index contributed by atoms with van der Waals surface area (Å²) in [4.78, 5) is 11.9. The van der Waals surface area contributed by atoms with Gasteiger partial charge in [0.1, 0.15) is 6.04 Å². The van der Waals surface area contributed by atoms with Gasteiger partial charge in [-0.1, -0.05) is 45.0 Å². The summed E-state index contributed by atoms with van der Waals surface area (Å²) >= 11 is 0. The summed E-state index contributed by atoms with van der Waals surface area (Å²) < 4.78 is 4.91. The second-order valence-corrected chi connectivity index (χ2v) is 5.77. The van der Waals surface area contributed by atoms with Crippen molar-refractivity contribution in [1.29, 1.82) is 0 Å². The van der Waals surface area contributed by atoms with Gasteiger partial charge < -0.3 is 4.74 Å². The molecule has 0 aliphatic rings. The van der Waals surface area contributed by atoms with Gasteiger partial charge in [0, 0.05) is 6.04 Å². The lowest BCUT2D eigenvalue weighted by Gasteiger charge is -2.21. The van der Waals surface area contributed by atoms with E-state index in [1.807, 2.05) is 12.1 Å². The molecule has 0 radical (unpaired) electrons. The van der Waals surface area contributed by atoms with Crippen molar-refractivity contribution in [3.05, 3.63) is 35.4 Å². The van der Waals surface area contributed by atoms with E-state index in [1.165, 1.54) is 12.7 Å². The van der Waals surface area contributed by atoms with Crippen LogP contribution in [0.4, 0.5) is 0 Å². The van der Waals surface area contributed by atoms with Crippen LogP contribution in [0.5, 0.6) is 0 Å². The molecule has 0 saturated carbocycles. The Morgan fingerprint density at radius 3 is 2.25 bits per heavy atom. The van der Waals surface area contributed by atoms with Gasteiger partial charge >= 0.3 is 5.97 Å². The first-order valence-electron chi connectivity index (χ1n) is 7.40. The smallest absolute Gasteiger partial charge is 0.327 e. The Labute approximate surface area is 122 Å². The van der Waals surface area contributed by atoms with Crippen molar-refractivity contribution in [2.75, 3.05) is 7.11 Å². The van der Waals surface area contributed by atoms with E-state index in [2.05, 4.69) is 45.1 Å². The van der Waals surface area contributed by atoms with Gasteiger partial charge in [0.15, 0.2) is 0 Å². The van der Waals surface area contributed by atoms with E-state index >= 15 is 0 Å². The maximum atomic E-state index is 11.9. The largest absolute Gasteiger partial charge is 0.468 e. The molecule has 3 nitrogen and oxygen atoms in total. The van der Waals surface area contributed by atoms with Gasteiger partial charge in [-0.3, -0.25) is 5.32 Å². The molecule has 0 fully saturated rings. The molecule has 0 heterocycles. The molecule has 20 heavy (non-hydrogen) atoms. The molecule has 0 bridgehead atoms. The van der Waals surface area contributed by atoms with Crippen LogP contribution in [0.3, 0.4) is 0 Å². The molecule has 1 aromatic rings. The molecule has 3 heteroatoms. The van der Waals surface area contributed by atoms with Gasteiger partial charge in [-0.2, -0.15) is 0 Å². The number of rotatable bonds is 7. The van der Waals surface area contributed by atoms with Crippen LogP contribution in [0.1, 0.15) is 51.3 Å². The van der Waals surface area contributed by atoms with Gasteiger partial charge in [0.05, 0.1) is 7.11 Å². The summed E-state index contributed by atoms with van der Waals surface area (Å²) in [5.41, 5.74) is 2.26. The van der Waals surface area contributed by atoms with E-state index < -0.39 is 0 Å². The summed E-state index contributed by atoms with van der Waals surface area (Å²) in [6, 6.07) is 8.13. The van der Waals surface area contributed by atoms with Gasteiger partial charge in [0.2, 0.25) is 0 Å². The molecule has 112 valence electrons. The third-order valence-corrected chi connectivity index (χ3v) is 3.46. The Morgan fingerprint density at radius 1 is 1.20 bits per heavy atom. The fourth-order valence-corrected chi connectivity index (χ4v) is 2.14. The van der Waals surface area contributed by atoms with E-state index in [0.29, 0.717) is 5.92 Å². The van der Waals surface area contributed by atoms with Gasteiger partial charge in [-0.05, 0) is 36.8 Å². The zero-order valence-electron chi connectivity index (χ0n) is 13.3. The standard InChI is InChI=1S/C17H27NO2/c1-6-13(4)18-16(17(19)20-5)15-9-7-14(8-10-15)11-12(2)3/h7-10,12-13,16,18H,6,11H2,1-5H3. The average molecular weight is 277 g/mol. The van der Waals surface area contributed by atoms with Gasteiger partial charge in [-0.15, -0.1) is 0 Å². The second kappa shape index (κ2) is 8.05. The average Bonchev–Trinajstić information content (AvgIpc) is 2.44. The predicted octanol–water partition coefficient (Wildman–Crippen LogP) is 3.49. The van der Waals surface area contributed by atoms with Crippen molar-refractivity contribution in [3.8, 4) is 0 Å². The Kier molecular flexibility index (Phi) is 6.73. The van der Waals surface area contributed by atoms with Crippen molar-refractivity contribution in [2.24, 2.45) is 5.92 Å². The van der Waals surface area contributed by atoms with Crippen molar-refractivity contribution in [3.63, 3.8) is 0 Å². The molecule has 0 aliphatic carbocycles. The number of esters is 1. The number of hydrogen-bond donors (Lipinski definition) is 1. The zero-order chi connectivity index (χ0) is 15.1. The molecule has 1 aromatic carbocycles. The molecule has 2 atom stereocenters. The predicted molar refractivity (Wildman–Crippen MR) is 82.6 cm³/mol. The first-order valence-corrected chi connectivity index (χ1v) is 7.40. The lowest BCUT2D eigenvalue weighted by molar-refractivity contribution is -0.143. The van der Waals surface area contributed by atoms with Crippen molar-refractivity contribution < 1.29 is 9.53 Å². The van der Waals surface area contributed by atoms with Gasteiger partial charge in [0.25, 0.3) is 0 Å². The molecular formula is C17H27NO2. The molecule has 0 aromatic heterocycles. The highest BCUT2D eigenvalue weighted by molar-refractivity contribution is 5.77. The van der Waals surface area contributed by atoms with Crippen LogP contribution in [0.15, 0.2) is 24.3 Å². The van der Waals surface area contributed by atoms with Crippen LogP contribution < -0.4 is 5.32 Å². The molecule has 1 rings (SSSR count). The Morgan fingerprint density at radius 2 is 1.80 bits per heavy atom. The first-order chi connectivity index (χ1) is 9.47. The number of carbonyl (C=O) groups is 1. The summed E-state index contributed by atoms with van der Waals surface area (Å²) in [7, 11) is 1.43. The van der Waals surface area contributed by atoms with E-state index in [1.54, 1.807) is 0 Å². The van der Waals surface area contributed by atoms with E-state index in [0.717, 1.165) is 18.4 Å². The monoisotopic (exact) mass is 277 g/mol. The van der Waals surface area contributed by atoms with Crippen LogP contribution in [0.25, 0.3) is 0 Å². The maximum absolute atomic E-state index is 11.9. The number of methoxy groups -OCH3 is 1. The molecule has 0 amide bonds. The summed E-state index contributed by atoms with van der Waals surface area (Å²) in [5.74, 6) is 0.400. The highest BCUT2D eigenvalue weighted by Crippen LogP contribution is 2.18. The third-order valence-electron chi connectivity index (χ3n) is 3.46. The minimum absolute atomic E-state index is 0.234. The zero-order valence-corrected chi connectivity index (χ0v) is 13.3. The Balaban J connectivity index is 2.87. The second-order valence-electron chi connectivity index (χ2n) is 5.77. The van der Waals surface area contributed by atoms with Crippen molar-refractivity contribution in [2.45, 2.75) is 52.6 Å². The minimum Gasteiger partial charge on any atom is -0.468 e. The van der Waals surface area contributed by atoms with E-state index in [9.17, 15) is 4.79 Å². The third kappa shape index (κ3) is 4.97. The molecular weight excluding hydrogens is 250 g/mol. The summed E-state index contributed by atoms with van der Waals surface area (Å²) in [5, 5.41) is 3.32. The number of ether oxygens (including phenoxy) is 1. The van der Waals surface area contributed by atoms with Crippen LogP contribution in [0.2, 0.25) is 0 Å². The first kappa shape index (κ1) is 16.7. The topological polar surface area (TPSA) is 38.3 Å². The van der Waals surface area contributed by atoms with E-state index in [4.69, 9.17) is 4.74 Å². The number of nitrogens with one attached hydrogen (secondary N) is 1. The SMILES string of the molecule is CCC(C)NC(C(=O)OC)c1ccc(CC(C)C)cc1. The van der Waals surface area contributed by atoms with Crippen LogP contribution in [-0.4, -0.2) is 19.1 Å². The number of benzene rings is 1. The summed E-state index contributed by atoms with van der Waals surface area (Å²) in [6.07, 6.45) is 2.03. The van der Waals surface area contributed by atoms with Crippen LogP contribution in [-0.2, 0) is 16.0 Å². The van der Waals surface area contributed by atoms with E-state index in [-0.39, 0.29) is 18.1 Å². The van der Waals surface area contributed by atoms with Crippen molar-refractivity contribution >= 4 is 5.97 Å². The maximum Gasteiger partial charge on any atom is 0.327 e. The molecule has 0 saturated heterocycles. The van der Waals surface area contributed by atoms with Gasteiger partial charge in [-0.25, -0.2) is 4.79 Å². The molecule has 0 aliphatic heterocycles. The quantitative estimate of drug-likeness (QED) is 0.775. The number of hydrogen-bond acceptors (Lipinski definition) is 3. The lowest BCUT2D eigenvalue weighted by atomic mass is 9.99. The molecule has 1 N–H and O–H groups in total. The van der Waals surface area contributed by atoms with Crippen LogP contribution in [0, 0.1) is 5.92 Å². The van der Waals surface area contributed by atoms with Crippen LogP contribution >= 0.6 is 0 Å². The highest BCUT2D eigenvalue weighted by atomic mass is 16.5. The Hall–Kier alpha value is -1.35. The Bertz CT molecular complexity index is 412. The molecule has 0 spiro atoms. The highest BCUT2D eigenvalue weighted by Gasteiger charge is 2.22. The fourth-order valence-electron chi connectivity index (χ4n) is 2.14. The lowest BCUT2D eigenvalue weighted by Crippen LogP contribution is -2.35. The minimum atomic E-state index is -0.386. The molecule has 2 unspecified atom stereocenters. The normalized spacial score (nSPS) is 14.1. The number of carbonyl (C=O) groups excluding carboxylic acids is 1. The summed E-state index contributed by atoms with van der Waals surface area (Å²) in [6.45, 7) is 8.58. The van der Waals surface area contributed by atoms with Crippen molar-refractivity contribution in [1.82, 2.24) is 5.32 Å².